The van der Waals surface area contributed by atoms with Crippen molar-refractivity contribution in [1.29, 1.82) is 0 Å². The zero-order chi connectivity index (χ0) is 13.3. The number of thiophene rings is 1. The zero-order valence-corrected chi connectivity index (χ0v) is 12.7. The first-order chi connectivity index (χ1) is 8.49. The van der Waals surface area contributed by atoms with Crippen LogP contribution in [-0.4, -0.2) is 0 Å². The van der Waals surface area contributed by atoms with E-state index in [9.17, 15) is 8.78 Å². The lowest BCUT2D eigenvalue weighted by Gasteiger charge is -2.09. The van der Waals surface area contributed by atoms with Crippen LogP contribution in [0.4, 0.5) is 8.78 Å². The smallest absolute Gasteiger partial charge is 0.129 e. The molecule has 0 fully saturated rings. The quantitative estimate of drug-likeness (QED) is 0.630. The van der Waals surface area contributed by atoms with E-state index in [0.29, 0.717) is 0 Å². The molecule has 0 nitrogen and oxygen atoms in total. The highest BCUT2D eigenvalue weighted by Crippen LogP contribution is 2.36. The Kier molecular flexibility index (Phi) is 4.41. The van der Waals surface area contributed by atoms with E-state index < -0.39 is 17.0 Å². The summed E-state index contributed by atoms with van der Waals surface area (Å²) in [5.74, 6) is -1.10. The summed E-state index contributed by atoms with van der Waals surface area (Å²) >= 11 is 11.1. The third-order valence-electron chi connectivity index (χ3n) is 2.63. The van der Waals surface area contributed by atoms with Crippen LogP contribution in [0.5, 0.6) is 0 Å². The Morgan fingerprint density at radius 1 is 1.33 bits per heavy atom. The SMILES string of the molecule is Cc1cc(C(Cl)Cc2c(F)cccc2F)sc1Br. The highest BCUT2D eigenvalue weighted by molar-refractivity contribution is 9.11. The maximum Gasteiger partial charge on any atom is 0.129 e. The van der Waals surface area contributed by atoms with Crippen LogP contribution in [0.3, 0.4) is 0 Å². The van der Waals surface area contributed by atoms with Crippen molar-refractivity contribution in [3.63, 3.8) is 0 Å². The lowest BCUT2D eigenvalue weighted by Crippen LogP contribution is -2.00. The summed E-state index contributed by atoms with van der Waals surface area (Å²) in [6, 6.07) is 5.78. The molecular formula is C13H10BrClF2S. The minimum atomic E-state index is -0.548. The van der Waals surface area contributed by atoms with Gasteiger partial charge in [-0.25, -0.2) is 8.78 Å². The molecule has 0 N–H and O–H groups in total. The minimum Gasteiger partial charge on any atom is -0.207 e. The molecule has 1 heterocycles. The topological polar surface area (TPSA) is 0 Å². The summed E-state index contributed by atoms with van der Waals surface area (Å²) < 4.78 is 28.0. The van der Waals surface area contributed by atoms with Gasteiger partial charge in [0.05, 0.1) is 9.16 Å². The Balaban J connectivity index is 2.23. The van der Waals surface area contributed by atoms with E-state index in [1.165, 1.54) is 29.5 Å². The highest BCUT2D eigenvalue weighted by Gasteiger charge is 2.17. The molecule has 96 valence electrons. The monoisotopic (exact) mass is 350 g/mol. The fraction of sp³-hybridized carbons (Fsp3) is 0.231. The Hall–Kier alpha value is -0.450. The summed E-state index contributed by atoms with van der Waals surface area (Å²) in [5.41, 5.74) is 1.12. The summed E-state index contributed by atoms with van der Waals surface area (Å²) in [6.07, 6.45) is 0.145. The average molecular weight is 352 g/mol. The van der Waals surface area contributed by atoms with Gasteiger partial charge in [0.15, 0.2) is 0 Å². The molecule has 1 atom stereocenters. The Labute approximate surface area is 122 Å². The van der Waals surface area contributed by atoms with Crippen molar-refractivity contribution >= 4 is 38.9 Å². The van der Waals surface area contributed by atoms with Gasteiger partial charge in [0.2, 0.25) is 0 Å². The standard InChI is InChI=1S/C13H10BrClF2S/c1-7-5-12(18-13(7)14)9(15)6-8-10(16)3-2-4-11(8)17/h2-5,9H,6H2,1H3. The first-order valence-electron chi connectivity index (χ1n) is 5.32. The molecule has 0 saturated heterocycles. The second-order valence-corrected chi connectivity index (χ2v) is 6.91. The molecule has 0 bridgehead atoms. The number of benzene rings is 1. The van der Waals surface area contributed by atoms with Crippen molar-refractivity contribution in [2.75, 3.05) is 0 Å². The summed E-state index contributed by atoms with van der Waals surface area (Å²) in [5, 5.41) is -0.425. The molecule has 0 aliphatic heterocycles. The number of alkyl halides is 1. The first-order valence-corrected chi connectivity index (χ1v) is 7.36. The Bertz CT molecular complexity index is 528. The molecule has 0 saturated carbocycles. The molecule has 1 aromatic carbocycles. The fourth-order valence-corrected chi connectivity index (χ4v) is 3.54. The molecule has 0 aliphatic carbocycles. The number of halogens is 4. The predicted octanol–water partition coefficient (Wildman–Crippen LogP) is 5.62. The van der Waals surface area contributed by atoms with Gasteiger partial charge in [-0.1, -0.05) is 6.07 Å². The van der Waals surface area contributed by atoms with E-state index in [1.807, 2.05) is 13.0 Å². The van der Waals surface area contributed by atoms with Crippen LogP contribution < -0.4 is 0 Å². The van der Waals surface area contributed by atoms with Gasteiger partial charge in [-0.05, 0) is 53.0 Å². The average Bonchev–Trinajstić information content (AvgIpc) is 2.64. The van der Waals surface area contributed by atoms with Crippen LogP contribution in [0.25, 0.3) is 0 Å². The van der Waals surface area contributed by atoms with Crippen LogP contribution >= 0.6 is 38.9 Å². The largest absolute Gasteiger partial charge is 0.207 e. The number of rotatable bonds is 3. The molecular weight excluding hydrogens is 342 g/mol. The van der Waals surface area contributed by atoms with Crippen LogP contribution in [0.2, 0.25) is 0 Å². The van der Waals surface area contributed by atoms with Crippen molar-refractivity contribution in [3.05, 3.63) is 55.7 Å². The normalized spacial score (nSPS) is 12.7. The van der Waals surface area contributed by atoms with Gasteiger partial charge < -0.3 is 0 Å². The summed E-state index contributed by atoms with van der Waals surface area (Å²) in [4.78, 5) is 0.906. The Morgan fingerprint density at radius 2 is 1.94 bits per heavy atom. The lowest BCUT2D eigenvalue weighted by molar-refractivity contribution is 0.553. The van der Waals surface area contributed by atoms with E-state index in [0.717, 1.165) is 14.2 Å². The number of hydrogen-bond donors (Lipinski definition) is 0. The minimum absolute atomic E-state index is 0.0414. The van der Waals surface area contributed by atoms with Crippen molar-refractivity contribution in [2.45, 2.75) is 18.7 Å². The third kappa shape index (κ3) is 2.92. The van der Waals surface area contributed by atoms with E-state index in [-0.39, 0.29) is 12.0 Å². The summed E-state index contributed by atoms with van der Waals surface area (Å²) in [6.45, 7) is 1.96. The molecule has 0 amide bonds. The third-order valence-corrected chi connectivity index (χ3v) is 5.40. The van der Waals surface area contributed by atoms with Crippen molar-refractivity contribution in [1.82, 2.24) is 0 Å². The van der Waals surface area contributed by atoms with Crippen LogP contribution in [0.1, 0.15) is 21.4 Å². The molecule has 2 aromatic rings. The maximum atomic E-state index is 13.5. The van der Waals surface area contributed by atoms with E-state index in [1.54, 1.807) is 0 Å². The Morgan fingerprint density at radius 3 is 2.44 bits per heavy atom. The zero-order valence-electron chi connectivity index (χ0n) is 9.51. The highest BCUT2D eigenvalue weighted by atomic mass is 79.9. The van der Waals surface area contributed by atoms with Gasteiger partial charge in [0.25, 0.3) is 0 Å². The second-order valence-electron chi connectivity index (χ2n) is 3.98. The lowest BCUT2D eigenvalue weighted by atomic mass is 10.1. The molecule has 1 unspecified atom stereocenters. The van der Waals surface area contributed by atoms with Crippen LogP contribution in [-0.2, 0) is 6.42 Å². The molecule has 0 spiro atoms. The van der Waals surface area contributed by atoms with Gasteiger partial charge in [-0.3, -0.25) is 0 Å². The molecule has 0 radical (unpaired) electrons. The molecule has 18 heavy (non-hydrogen) atoms. The van der Waals surface area contributed by atoms with Gasteiger partial charge >= 0.3 is 0 Å². The van der Waals surface area contributed by atoms with Gasteiger partial charge in [0.1, 0.15) is 11.6 Å². The van der Waals surface area contributed by atoms with E-state index in [2.05, 4.69) is 15.9 Å². The van der Waals surface area contributed by atoms with Crippen LogP contribution in [0.15, 0.2) is 28.1 Å². The number of aryl methyl sites for hydroxylation is 1. The van der Waals surface area contributed by atoms with Gasteiger partial charge in [-0.15, -0.1) is 22.9 Å². The van der Waals surface area contributed by atoms with E-state index >= 15 is 0 Å². The van der Waals surface area contributed by atoms with Gasteiger partial charge in [0, 0.05) is 10.4 Å². The molecule has 0 aliphatic rings. The van der Waals surface area contributed by atoms with Gasteiger partial charge in [-0.2, -0.15) is 0 Å². The van der Waals surface area contributed by atoms with Crippen molar-refractivity contribution in [3.8, 4) is 0 Å². The summed E-state index contributed by atoms with van der Waals surface area (Å²) in [7, 11) is 0. The second kappa shape index (κ2) is 5.68. The first kappa shape index (κ1) is 14.0. The molecule has 5 heteroatoms. The maximum absolute atomic E-state index is 13.5. The fourth-order valence-electron chi connectivity index (χ4n) is 1.65. The number of hydrogen-bond acceptors (Lipinski definition) is 1. The molecule has 1 aromatic heterocycles. The van der Waals surface area contributed by atoms with Crippen LogP contribution in [0, 0.1) is 18.6 Å². The molecule has 2 rings (SSSR count). The van der Waals surface area contributed by atoms with E-state index in [4.69, 9.17) is 11.6 Å². The van der Waals surface area contributed by atoms with Crippen molar-refractivity contribution in [2.24, 2.45) is 0 Å². The van der Waals surface area contributed by atoms with Crippen molar-refractivity contribution < 1.29 is 8.78 Å². The predicted molar refractivity (Wildman–Crippen MR) is 75.4 cm³/mol.